The highest BCUT2D eigenvalue weighted by Crippen LogP contribution is 2.30. The van der Waals surface area contributed by atoms with Gasteiger partial charge >= 0.3 is 0 Å². The molecule has 0 bridgehead atoms. The average Bonchev–Trinajstić information content (AvgIpc) is 2.94. The van der Waals surface area contributed by atoms with E-state index in [9.17, 15) is 4.79 Å². The van der Waals surface area contributed by atoms with E-state index in [0.717, 1.165) is 24.4 Å². The van der Waals surface area contributed by atoms with Gasteiger partial charge in [0.05, 0.1) is 11.7 Å². The highest BCUT2D eigenvalue weighted by atomic mass is 16.1. The maximum Gasteiger partial charge on any atom is 0.256 e. The van der Waals surface area contributed by atoms with Crippen molar-refractivity contribution in [2.45, 2.75) is 25.8 Å². The van der Waals surface area contributed by atoms with Crippen LogP contribution in [0, 0.1) is 0 Å². The fourth-order valence-electron chi connectivity index (χ4n) is 2.78. The number of fused-ring (bicyclic) bond motifs is 1. The van der Waals surface area contributed by atoms with Crippen LogP contribution in [0.5, 0.6) is 0 Å². The van der Waals surface area contributed by atoms with Crippen LogP contribution in [-0.4, -0.2) is 27.4 Å². The second-order valence-electron chi connectivity index (χ2n) is 4.62. The molecule has 1 N–H and O–H groups in total. The Kier molecular flexibility index (Phi) is 2.52. The van der Waals surface area contributed by atoms with Gasteiger partial charge in [-0.1, -0.05) is 13.0 Å². The molecule has 1 saturated heterocycles. The summed E-state index contributed by atoms with van der Waals surface area (Å²) in [5.74, 6) is 0. The number of H-pyrrole nitrogens is 1. The molecule has 17 heavy (non-hydrogen) atoms. The van der Waals surface area contributed by atoms with Crippen LogP contribution in [0.2, 0.25) is 0 Å². The van der Waals surface area contributed by atoms with Gasteiger partial charge in [0.25, 0.3) is 5.56 Å². The monoisotopic (exact) mass is 231 g/mol. The van der Waals surface area contributed by atoms with Crippen molar-refractivity contribution in [2.24, 2.45) is 0 Å². The molecule has 2 aromatic heterocycles. The normalized spacial score (nSPS) is 21.4. The number of likely N-dealkylation sites (tertiary alicyclic amines) is 1. The highest BCUT2D eigenvalue weighted by Gasteiger charge is 2.25. The first kappa shape index (κ1) is 10.6. The summed E-state index contributed by atoms with van der Waals surface area (Å²) in [5.41, 5.74) is 2.08. The van der Waals surface area contributed by atoms with Crippen LogP contribution in [0.15, 0.2) is 29.2 Å². The van der Waals surface area contributed by atoms with E-state index in [4.69, 9.17) is 0 Å². The lowest BCUT2D eigenvalue weighted by Gasteiger charge is -2.21. The van der Waals surface area contributed by atoms with Crippen molar-refractivity contribution in [2.75, 3.05) is 13.1 Å². The van der Waals surface area contributed by atoms with E-state index in [-0.39, 0.29) is 5.56 Å². The Hall–Kier alpha value is -1.55. The predicted octanol–water partition coefficient (Wildman–Crippen LogP) is 1.78. The van der Waals surface area contributed by atoms with Gasteiger partial charge in [-0.3, -0.25) is 14.1 Å². The predicted molar refractivity (Wildman–Crippen MR) is 67.2 cm³/mol. The third kappa shape index (κ3) is 1.69. The standard InChI is InChI=1S/C13H17N3O/c1-2-15-8-4-5-11(15)10-9-16-12(14-10)6-3-7-13(16)17/h3,6-7,9,11,14H,2,4-5,8H2,1H3. The molecule has 4 heteroatoms. The molecule has 0 saturated carbocycles. The maximum atomic E-state index is 11.7. The SMILES string of the molecule is CCN1CCCC1c1cn2c(=O)cccc2[nH]1. The molecule has 4 nitrogen and oxygen atoms in total. The number of nitrogens with zero attached hydrogens (tertiary/aromatic N) is 2. The first-order chi connectivity index (χ1) is 8.29. The van der Waals surface area contributed by atoms with Gasteiger partial charge < -0.3 is 4.98 Å². The van der Waals surface area contributed by atoms with Crippen LogP contribution in [0.1, 0.15) is 31.5 Å². The zero-order valence-corrected chi connectivity index (χ0v) is 10.0. The molecular formula is C13H17N3O. The summed E-state index contributed by atoms with van der Waals surface area (Å²) in [6.07, 6.45) is 4.37. The molecule has 0 spiro atoms. The minimum absolute atomic E-state index is 0.0334. The van der Waals surface area contributed by atoms with E-state index in [0.29, 0.717) is 6.04 Å². The molecule has 0 amide bonds. The largest absolute Gasteiger partial charge is 0.342 e. The maximum absolute atomic E-state index is 11.7. The van der Waals surface area contributed by atoms with E-state index >= 15 is 0 Å². The summed E-state index contributed by atoms with van der Waals surface area (Å²) < 4.78 is 1.70. The summed E-state index contributed by atoms with van der Waals surface area (Å²) in [5, 5.41) is 0. The quantitative estimate of drug-likeness (QED) is 0.856. The van der Waals surface area contributed by atoms with Gasteiger partial charge in [0.2, 0.25) is 0 Å². The van der Waals surface area contributed by atoms with E-state index < -0.39 is 0 Å². The van der Waals surface area contributed by atoms with Crippen molar-refractivity contribution in [1.82, 2.24) is 14.3 Å². The number of hydrogen-bond acceptors (Lipinski definition) is 2. The molecule has 2 aromatic rings. The van der Waals surface area contributed by atoms with Crippen molar-refractivity contribution in [3.8, 4) is 0 Å². The molecular weight excluding hydrogens is 214 g/mol. The Morgan fingerprint density at radius 1 is 1.47 bits per heavy atom. The molecule has 1 atom stereocenters. The fourth-order valence-corrected chi connectivity index (χ4v) is 2.78. The van der Waals surface area contributed by atoms with Gasteiger partial charge in [0.1, 0.15) is 5.65 Å². The van der Waals surface area contributed by atoms with Crippen LogP contribution in [0.4, 0.5) is 0 Å². The van der Waals surface area contributed by atoms with Crippen LogP contribution < -0.4 is 5.56 Å². The fraction of sp³-hybridized carbons (Fsp3) is 0.462. The summed E-state index contributed by atoms with van der Waals surface area (Å²) in [6, 6.07) is 5.77. The van der Waals surface area contributed by atoms with Crippen molar-refractivity contribution in [3.63, 3.8) is 0 Å². The lowest BCUT2D eigenvalue weighted by molar-refractivity contribution is 0.267. The summed E-state index contributed by atoms with van der Waals surface area (Å²) >= 11 is 0. The molecule has 1 aliphatic heterocycles. The molecule has 0 aliphatic carbocycles. The molecule has 1 unspecified atom stereocenters. The number of aromatic amines is 1. The number of aromatic nitrogens is 2. The number of pyridine rings is 1. The second-order valence-corrected chi connectivity index (χ2v) is 4.62. The molecule has 3 rings (SSSR count). The zero-order valence-electron chi connectivity index (χ0n) is 10.0. The second kappa shape index (κ2) is 4.04. The first-order valence-corrected chi connectivity index (χ1v) is 6.24. The lowest BCUT2D eigenvalue weighted by atomic mass is 10.1. The smallest absolute Gasteiger partial charge is 0.256 e. The summed E-state index contributed by atoms with van der Waals surface area (Å²) in [4.78, 5) is 17.5. The first-order valence-electron chi connectivity index (χ1n) is 6.24. The van der Waals surface area contributed by atoms with Crippen molar-refractivity contribution >= 4 is 5.65 Å². The molecule has 0 radical (unpaired) electrons. The van der Waals surface area contributed by atoms with Gasteiger partial charge in [0.15, 0.2) is 0 Å². The molecule has 1 aliphatic rings. The Morgan fingerprint density at radius 2 is 2.35 bits per heavy atom. The minimum Gasteiger partial charge on any atom is -0.342 e. The number of hydrogen-bond donors (Lipinski definition) is 1. The topological polar surface area (TPSA) is 40.5 Å². The number of imidazole rings is 1. The third-order valence-corrected chi connectivity index (χ3v) is 3.66. The molecule has 1 fully saturated rings. The lowest BCUT2D eigenvalue weighted by Crippen LogP contribution is -2.22. The Bertz CT molecular complexity index is 584. The Labute approximate surface area is 99.9 Å². The van der Waals surface area contributed by atoms with Crippen molar-refractivity contribution in [1.29, 1.82) is 0 Å². The number of nitrogens with one attached hydrogen (secondary N) is 1. The van der Waals surface area contributed by atoms with Crippen LogP contribution in [-0.2, 0) is 0 Å². The summed E-state index contributed by atoms with van der Waals surface area (Å²) in [7, 11) is 0. The minimum atomic E-state index is 0.0334. The van der Waals surface area contributed by atoms with Crippen LogP contribution in [0.3, 0.4) is 0 Å². The van der Waals surface area contributed by atoms with Crippen LogP contribution >= 0.6 is 0 Å². The van der Waals surface area contributed by atoms with Gasteiger partial charge in [0, 0.05) is 12.3 Å². The average molecular weight is 231 g/mol. The van der Waals surface area contributed by atoms with Crippen LogP contribution in [0.25, 0.3) is 5.65 Å². The van der Waals surface area contributed by atoms with Gasteiger partial charge in [-0.2, -0.15) is 0 Å². The van der Waals surface area contributed by atoms with E-state index in [1.54, 1.807) is 16.5 Å². The van der Waals surface area contributed by atoms with E-state index in [2.05, 4.69) is 16.8 Å². The number of rotatable bonds is 2. The van der Waals surface area contributed by atoms with Gasteiger partial charge in [-0.25, -0.2) is 0 Å². The highest BCUT2D eigenvalue weighted by molar-refractivity contribution is 5.40. The zero-order chi connectivity index (χ0) is 11.8. The Morgan fingerprint density at radius 3 is 3.12 bits per heavy atom. The van der Waals surface area contributed by atoms with Gasteiger partial charge in [-0.05, 0) is 32.0 Å². The summed E-state index contributed by atoms with van der Waals surface area (Å²) in [6.45, 7) is 4.41. The van der Waals surface area contributed by atoms with Gasteiger partial charge in [-0.15, -0.1) is 0 Å². The third-order valence-electron chi connectivity index (χ3n) is 3.66. The Balaban J connectivity index is 2.06. The van der Waals surface area contributed by atoms with E-state index in [1.165, 1.54) is 12.8 Å². The molecule has 3 heterocycles. The molecule has 0 aromatic carbocycles. The van der Waals surface area contributed by atoms with E-state index in [1.807, 2.05) is 12.3 Å². The molecule has 90 valence electrons. The van der Waals surface area contributed by atoms with Crippen molar-refractivity contribution < 1.29 is 0 Å². The van der Waals surface area contributed by atoms with Crippen molar-refractivity contribution in [3.05, 3.63) is 40.4 Å².